The van der Waals surface area contributed by atoms with Crippen LogP contribution in [0, 0.1) is 0 Å². The second kappa shape index (κ2) is 8.92. The first-order chi connectivity index (χ1) is 14.7. The van der Waals surface area contributed by atoms with Crippen molar-refractivity contribution in [2.45, 2.75) is 12.8 Å². The maximum atomic E-state index is 9.44. The van der Waals surface area contributed by atoms with Gasteiger partial charge in [0.25, 0.3) is 0 Å². The maximum Gasteiger partial charge on any atom is 0.140 e. The van der Waals surface area contributed by atoms with Crippen LogP contribution < -0.4 is 9.64 Å². The number of nitrogens with one attached hydrogen (secondary N) is 1. The van der Waals surface area contributed by atoms with Gasteiger partial charge in [-0.3, -0.25) is 5.10 Å². The van der Waals surface area contributed by atoms with Crippen molar-refractivity contribution in [3.63, 3.8) is 0 Å². The average Bonchev–Trinajstić information content (AvgIpc) is 3.32. The summed E-state index contributed by atoms with van der Waals surface area (Å²) in [4.78, 5) is 11.6. The minimum atomic E-state index is 0.0581. The van der Waals surface area contributed by atoms with Crippen LogP contribution in [-0.2, 0) is 12.8 Å². The summed E-state index contributed by atoms with van der Waals surface area (Å²) >= 11 is 0. The van der Waals surface area contributed by atoms with Crippen molar-refractivity contribution in [3.05, 3.63) is 66.2 Å². The molecular weight excluding hydrogens is 378 g/mol. The minimum Gasteiger partial charge on any atom is -0.497 e. The van der Waals surface area contributed by atoms with E-state index in [0.717, 1.165) is 45.8 Å². The molecule has 0 atom stereocenters. The Hall–Kier alpha value is -3.45. The van der Waals surface area contributed by atoms with E-state index in [-0.39, 0.29) is 6.61 Å². The van der Waals surface area contributed by atoms with E-state index in [2.05, 4.69) is 22.3 Å². The number of fused-ring (bicyclic) bond motifs is 1. The van der Waals surface area contributed by atoms with E-state index in [4.69, 9.17) is 14.7 Å². The summed E-state index contributed by atoms with van der Waals surface area (Å²) in [5.74, 6) is 2.45. The number of methoxy groups -OCH3 is 1. The van der Waals surface area contributed by atoms with Crippen LogP contribution in [0.3, 0.4) is 0 Å². The average molecular weight is 403 g/mol. The summed E-state index contributed by atoms with van der Waals surface area (Å²) in [7, 11) is 3.61. The molecule has 0 spiro atoms. The van der Waals surface area contributed by atoms with Crippen molar-refractivity contribution in [3.8, 4) is 16.9 Å². The number of H-pyrrole nitrogens is 1. The van der Waals surface area contributed by atoms with Gasteiger partial charge >= 0.3 is 0 Å². The third kappa shape index (κ3) is 4.26. The molecule has 0 bridgehead atoms. The molecule has 0 saturated carbocycles. The first-order valence-electron chi connectivity index (χ1n) is 9.92. The Kier molecular flexibility index (Phi) is 5.90. The predicted octanol–water partition coefficient (Wildman–Crippen LogP) is 3.24. The Balaban J connectivity index is 1.69. The molecule has 0 radical (unpaired) electrons. The fourth-order valence-corrected chi connectivity index (χ4v) is 3.49. The smallest absolute Gasteiger partial charge is 0.140 e. The molecule has 0 amide bonds. The number of hydrogen-bond acceptors (Lipinski definition) is 6. The number of aliphatic hydroxyl groups excluding tert-OH is 1. The molecule has 7 nitrogen and oxygen atoms in total. The molecule has 2 N–H and O–H groups in total. The van der Waals surface area contributed by atoms with E-state index in [1.165, 1.54) is 5.56 Å². The second-order valence-corrected chi connectivity index (χ2v) is 7.18. The van der Waals surface area contributed by atoms with Crippen molar-refractivity contribution >= 4 is 16.7 Å². The van der Waals surface area contributed by atoms with Crippen molar-refractivity contribution in [2.75, 3.05) is 32.2 Å². The number of ether oxygens (including phenoxy) is 1. The summed E-state index contributed by atoms with van der Waals surface area (Å²) in [6.07, 6.45) is 5.19. The largest absolute Gasteiger partial charge is 0.497 e. The van der Waals surface area contributed by atoms with Crippen LogP contribution in [0.5, 0.6) is 5.75 Å². The molecule has 0 fully saturated rings. The summed E-state index contributed by atoms with van der Waals surface area (Å²) < 4.78 is 5.32. The number of aliphatic hydroxyl groups is 1. The number of anilines is 1. The van der Waals surface area contributed by atoms with Crippen LogP contribution in [-0.4, -0.2) is 52.6 Å². The lowest BCUT2D eigenvalue weighted by molar-refractivity contribution is 0.304. The number of hydrogen-bond donors (Lipinski definition) is 2. The molecule has 0 aliphatic rings. The van der Waals surface area contributed by atoms with Gasteiger partial charge < -0.3 is 14.7 Å². The quantitative estimate of drug-likeness (QED) is 0.470. The molecule has 30 heavy (non-hydrogen) atoms. The monoisotopic (exact) mass is 403 g/mol. The maximum absolute atomic E-state index is 9.44. The SMILES string of the molecule is COc1cccc(CCc2nc(N(C)CCO)c3cc(-c4cn[nH]c4)ccc3n2)c1. The van der Waals surface area contributed by atoms with E-state index >= 15 is 0 Å². The molecule has 0 aliphatic carbocycles. The van der Waals surface area contributed by atoms with Gasteiger partial charge in [0.1, 0.15) is 17.4 Å². The van der Waals surface area contributed by atoms with Gasteiger partial charge in [0.15, 0.2) is 0 Å². The number of likely N-dealkylation sites (N-methyl/N-ethyl adjacent to an activating group) is 1. The summed E-state index contributed by atoms with van der Waals surface area (Å²) in [6.45, 7) is 0.555. The first-order valence-corrected chi connectivity index (χ1v) is 9.92. The normalized spacial score (nSPS) is 11.0. The standard InChI is InChI=1S/C23H25N5O2/c1-28(10-11-29)23-20-13-17(18-14-24-25-15-18)7-8-21(20)26-22(27-23)9-6-16-4-3-5-19(12-16)30-2/h3-5,7-8,12-15,29H,6,9-11H2,1-2H3,(H,24,25). The first kappa shape index (κ1) is 19.8. The molecule has 154 valence electrons. The van der Waals surface area contributed by atoms with Crippen LogP contribution in [0.15, 0.2) is 54.9 Å². The molecule has 4 rings (SSSR count). The zero-order valence-electron chi connectivity index (χ0n) is 17.2. The third-order valence-electron chi connectivity index (χ3n) is 5.12. The van der Waals surface area contributed by atoms with Gasteiger partial charge in [-0.25, -0.2) is 9.97 Å². The highest BCUT2D eigenvalue weighted by Gasteiger charge is 2.13. The summed E-state index contributed by atoms with van der Waals surface area (Å²) in [6, 6.07) is 14.2. The predicted molar refractivity (Wildman–Crippen MR) is 118 cm³/mol. The number of aromatic nitrogens is 4. The summed E-state index contributed by atoms with van der Waals surface area (Å²) in [5, 5.41) is 17.3. The highest BCUT2D eigenvalue weighted by atomic mass is 16.5. The van der Waals surface area contributed by atoms with E-state index in [1.807, 2.05) is 48.5 Å². The van der Waals surface area contributed by atoms with E-state index < -0.39 is 0 Å². The van der Waals surface area contributed by atoms with Gasteiger partial charge in [0, 0.05) is 37.2 Å². The van der Waals surface area contributed by atoms with Gasteiger partial charge in [-0.2, -0.15) is 5.10 Å². The highest BCUT2D eigenvalue weighted by molar-refractivity contribution is 5.93. The molecular formula is C23H25N5O2. The van der Waals surface area contributed by atoms with Crippen molar-refractivity contribution in [1.82, 2.24) is 20.2 Å². The molecule has 2 aromatic heterocycles. The number of aryl methyl sites for hydroxylation is 2. The molecule has 4 aromatic rings. The van der Waals surface area contributed by atoms with Crippen LogP contribution >= 0.6 is 0 Å². The Labute approximate surface area is 175 Å². The number of nitrogens with zero attached hydrogens (tertiary/aromatic N) is 4. The lowest BCUT2D eigenvalue weighted by Crippen LogP contribution is -2.23. The van der Waals surface area contributed by atoms with E-state index in [0.29, 0.717) is 13.0 Å². The number of rotatable bonds is 8. The molecule has 0 aliphatic heterocycles. The van der Waals surface area contributed by atoms with Gasteiger partial charge in [0.2, 0.25) is 0 Å². The number of benzene rings is 2. The van der Waals surface area contributed by atoms with Crippen molar-refractivity contribution in [1.29, 1.82) is 0 Å². The molecule has 2 aromatic carbocycles. The van der Waals surface area contributed by atoms with Crippen molar-refractivity contribution < 1.29 is 9.84 Å². The van der Waals surface area contributed by atoms with Gasteiger partial charge in [-0.15, -0.1) is 0 Å². The van der Waals surface area contributed by atoms with Crippen molar-refractivity contribution in [2.24, 2.45) is 0 Å². The van der Waals surface area contributed by atoms with Crippen LogP contribution in [0.4, 0.5) is 5.82 Å². The fraction of sp³-hybridized carbons (Fsp3) is 0.261. The minimum absolute atomic E-state index is 0.0581. The zero-order chi connectivity index (χ0) is 20.9. The second-order valence-electron chi connectivity index (χ2n) is 7.18. The Bertz CT molecular complexity index is 1130. The fourth-order valence-electron chi connectivity index (χ4n) is 3.49. The van der Waals surface area contributed by atoms with Crippen LogP contribution in [0.1, 0.15) is 11.4 Å². The van der Waals surface area contributed by atoms with Gasteiger partial charge in [0.05, 0.1) is 25.4 Å². The molecule has 0 unspecified atom stereocenters. The van der Waals surface area contributed by atoms with Crippen LogP contribution in [0.2, 0.25) is 0 Å². The van der Waals surface area contributed by atoms with Gasteiger partial charge in [-0.1, -0.05) is 18.2 Å². The Morgan fingerprint density at radius 1 is 1.07 bits per heavy atom. The van der Waals surface area contributed by atoms with Crippen LogP contribution in [0.25, 0.3) is 22.0 Å². The van der Waals surface area contributed by atoms with E-state index in [9.17, 15) is 5.11 Å². The third-order valence-corrected chi connectivity index (χ3v) is 5.12. The molecule has 0 saturated heterocycles. The molecule has 7 heteroatoms. The molecule has 2 heterocycles. The number of aromatic amines is 1. The van der Waals surface area contributed by atoms with Gasteiger partial charge in [-0.05, 0) is 41.8 Å². The zero-order valence-corrected chi connectivity index (χ0v) is 17.2. The lowest BCUT2D eigenvalue weighted by Gasteiger charge is -2.20. The summed E-state index contributed by atoms with van der Waals surface area (Å²) in [5.41, 5.74) is 4.12. The Morgan fingerprint density at radius 3 is 2.73 bits per heavy atom. The van der Waals surface area contributed by atoms with E-state index in [1.54, 1.807) is 13.3 Å². The highest BCUT2D eigenvalue weighted by Crippen LogP contribution is 2.29. The topological polar surface area (TPSA) is 87.2 Å². The lowest BCUT2D eigenvalue weighted by atomic mass is 10.1. The Morgan fingerprint density at radius 2 is 1.97 bits per heavy atom.